The first-order valence-corrected chi connectivity index (χ1v) is 9.90. The number of amides is 1. The molecule has 1 fully saturated rings. The van der Waals surface area contributed by atoms with Gasteiger partial charge in [-0.2, -0.15) is 0 Å². The van der Waals surface area contributed by atoms with Crippen molar-refractivity contribution in [3.63, 3.8) is 0 Å². The summed E-state index contributed by atoms with van der Waals surface area (Å²) in [6.45, 7) is 4.35. The van der Waals surface area contributed by atoms with E-state index in [1.54, 1.807) is 0 Å². The first-order chi connectivity index (χ1) is 12.0. The number of nitrogens with one attached hydrogen (secondary N) is 1. The summed E-state index contributed by atoms with van der Waals surface area (Å²) in [5.41, 5.74) is 2.23. The summed E-state index contributed by atoms with van der Waals surface area (Å²) in [5.74, 6) is 2.09. The van der Waals surface area contributed by atoms with Gasteiger partial charge in [0.1, 0.15) is 0 Å². The number of carbonyl (C=O) groups is 1. The molecule has 134 valence electrons. The number of thioether (sulfide) groups is 1. The van der Waals surface area contributed by atoms with Gasteiger partial charge in [-0.3, -0.25) is 4.79 Å². The number of rotatable bonds is 5. The van der Waals surface area contributed by atoms with Gasteiger partial charge in [0.15, 0.2) is 11.0 Å². The number of carbonyl (C=O) groups excluding carboxylic acids is 1. The monoisotopic (exact) mass is 358 g/mol. The van der Waals surface area contributed by atoms with Crippen molar-refractivity contribution in [3.8, 4) is 11.4 Å². The van der Waals surface area contributed by atoms with Crippen LogP contribution in [0.5, 0.6) is 0 Å². The van der Waals surface area contributed by atoms with E-state index >= 15 is 0 Å². The highest BCUT2D eigenvalue weighted by Gasteiger charge is 2.20. The van der Waals surface area contributed by atoms with Crippen LogP contribution in [0.1, 0.15) is 38.2 Å². The fourth-order valence-electron chi connectivity index (χ4n) is 3.28. The fraction of sp³-hybridized carbons (Fsp3) is 0.526. The Morgan fingerprint density at radius 3 is 2.76 bits per heavy atom. The Kier molecular flexibility index (Phi) is 5.78. The van der Waals surface area contributed by atoms with Crippen LogP contribution in [0.4, 0.5) is 0 Å². The highest BCUT2D eigenvalue weighted by molar-refractivity contribution is 7.99. The minimum Gasteiger partial charge on any atom is -0.353 e. The molecule has 0 saturated heterocycles. The predicted molar refractivity (Wildman–Crippen MR) is 101 cm³/mol. The van der Waals surface area contributed by atoms with Gasteiger partial charge in [0.05, 0.1) is 5.75 Å². The van der Waals surface area contributed by atoms with Crippen LogP contribution in [0, 0.1) is 12.8 Å². The molecule has 1 amide bonds. The second kappa shape index (κ2) is 8.04. The summed E-state index contributed by atoms with van der Waals surface area (Å²) in [4.78, 5) is 12.2. The summed E-state index contributed by atoms with van der Waals surface area (Å²) in [5, 5.41) is 12.5. The topological polar surface area (TPSA) is 59.8 Å². The van der Waals surface area contributed by atoms with E-state index in [1.807, 2.05) is 23.7 Å². The van der Waals surface area contributed by atoms with Crippen molar-refractivity contribution in [2.24, 2.45) is 13.0 Å². The highest BCUT2D eigenvalue weighted by atomic mass is 32.2. The molecular weight excluding hydrogens is 332 g/mol. The van der Waals surface area contributed by atoms with Gasteiger partial charge in [0, 0.05) is 18.7 Å². The third kappa shape index (κ3) is 4.63. The normalized spacial score (nSPS) is 20.4. The van der Waals surface area contributed by atoms with E-state index in [4.69, 9.17) is 0 Å². The summed E-state index contributed by atoms with van der Waals surface area (Å²) in [7, 11) is 1.94. The smallest absolute Gasteiger partial charge is 0.230 e. The summed E-state index contributed by atoms with van der Waals surface area (Å²) in [6.07, 6.45) is 4.61. The highest BCUT2D eigenvalue weighted by Crippen LogP contribution is 2.25. The molecule has 6 heteroatoms. The number of hydrogen-bond acceptors (Lipinski definition) is 4. The number of benzene rings is 1. The molecule has 2 aromatic rings. The molecule has 1 aromatic carbocycles. The zero-order chi connectivity index (χ0) is 17.8. The van der Waals surface area contributed by atoms with Crippen LogP contribution in [0.3, 0.4) is 0 Å². The van der Waals surface area contributed by atoms with Gasteiger partial charge < -0.3 is 9.88 Å². The van der Waals surface area contributed by atoms with Crippen LogP contribution >= 0.6 is 11.8 Å². The zero-order valence-corrected chi connectivity index (χ0v) is 16.0. The van der Waals surface area contributed by atoms with E-state index in [-0.39, 0.29) is 5.91 Å². The summed E-state index contributed by atoms with van der Waals surface area (Å²) in [6, 6.07) is 8.54. The Morgan fingerprint density at radius 1 is 1.28 bits per heavy atom. The van der Waals surface area contributed by atoms with Crippen molar-refractivity contribution in [2.75, 3.05) is 5.75 Å². The molecule has 1 aliphatic carbocycles. The molecule has 25 heavy (non-hydrogen) atoms. The van der Waals surface area contributed by atoms with Crippen molar-refractivity contribution < 1.29 is 4.79 Å². The molecule has 1 aromatic heterocycles. The Labute approximate surface area is 153 Å². The number of hydrogen-bond donors (Lipinski definition) is 1. The van der Waals surface area contributed by atoms with E-state index in [2.05, 4.69) is 41.5 Å². The van der Waals surface area contributed by atoms with Crippen molar-refractivity contribution in [1.82, 2.24) is 20.1 Å². The molecule has 5 nitrogen and oxygen atoms in total. The number of aryl methyl sites for hydroxylation is 1. The quantitative estimate of drug-likeness (QED) is 0.830. The average Bonchev–Trinajstić information content (AvgIpc) is 2.96. The Bertz CT molecular complexity index is 735. The lowest BCUT2D eigenvalue weighted by molar-refractivity contribution is -0.119. The van der Waals surface area contributed by atoms with Gasteiger partial charge >= 0.3 is 0 Å². The Balaban J connectivity index is 1.56. The molecule has 1 N–H and O–H groups in total. The lowest BCUT2D eigenvalue weighted by atomic mass is 9.87. The van der Waals surface area contributed by atoms with E-state index in [0.29, 0.717) is 11.8 Å². The van der Waals surface area contributed by atoms with Gasteiger partial charge in [-0.15, -0.1) is 10.2 Å². The third-order valence-corrected chi connectivity index (χ3v) is 5.84. The molecule has 0 radical (unpaired) electrons. The number of nitrogens with zero attached hydrogens (tertiary/aromatic N) is 3. The predicted octanol–water partition coefficient (Wildman–Crippen LogP) is 3.58. The minimum absolute atomic E-state index is 0.0876. The van der Waals surface area contributed by atoms with Crippen molar-refractivity contribution in [3.05, 3.63) is 29.8 Å². The molecular formula is C19H26N4OS. The lowest BCUT2D eigenvalue weighted by Crippen LogP contribution is -2.38. The van der Waals surface area contributed by atoms with Crippen molar-refractivity contribution in [2.45, 2.75) is 50.7 Å². The fourth-order valence-corrected chi connectivity index (χ4v) is 4.00. The standard InChI is InChI=1S/C19H26N4OS/c1-13-7-9-16(10-8-13)20-17(24)12-25-19-22-21-18(23(19)3)15-6-4-5-14(2)11-15/h4-6,11,13,16H,7-10,12H2,1-3H3,(H,20,24). The molecule has 1 heterocycles. The van der Waals surface area contributed by atoms with E-state index in [1.165, 1.54) is 30.2 Å². The first-order valence-electron chi connectivity index (χ1n) is 8.91. The van der Waals surface area contributed by atoms with Gasteiger partial charge in [0.2, 0.25) is 5.91 Å². The lowest BCUT2D eigenvalue weighted by Gasteiger charge is -2.26. The Morgan fingerprint density at radius 2 is 2.04 bits per heavy atom. The molecule has 0 unspecified atom stereocenters. The molecule has 0 aliphatic heterocycles. The number of aromatic nitrogens is 3. The van der Waals surface area contributed by atoms with Crippen molar-refractivity contribution >= 4 is 17.7 Å². The summed E-state index contributed by atoms with van der Waals surface area (Å²) >= 11 is 1.44. The van der Waals surface area contributed by atoms with Gasteiger partial charge in [-0.25, -0.2) is 0 Å². The van der Waals surface area contributed by atoms with Gasteiger partial charge in [0.25, 0.3) is 0 Å². The van der Waals surface area contributed by atoms with Crippen molar-refractivity contribution in [1.29, 1.82) is 0 Å². The van der Waals surface area contributed by atoms with Crippen LogP contribution in [0.2, 0.25) is 0 Å². The molecule has 1 saturated carbocycles. The second-order valence-corrected chi connectivity index (χ2v) is 7.99. The van der Waals surface area contributed by atoms with Crippen LogP contribution in [-0.4, -0.2) is 32.5 Å². The maximum Gasteiger partial charge on any atom is 0.230 e. The molecule has 0 bridgehead atoms. The van der Waals surface area contributed by atoms with Crippen LogP contribution in [0.25, 0.3) is 11.4 Å². The molecule has 0 atom stereocenters. The van der Waals surface area contributed by atoms with E-state index in [0.717, 1.165) is 35.3 Å². The SMILES string of the molecule is Cc1cccc(-c2nnc(SCC(=O)NC3CCC(C)CC3)n2C)c1. The maximum absolute atomic E-state index is 12.2. The second-order valence-electron chi connectivity index (χ2n) is 7.05. The van der Waals surface area contributed by atoms with Crippen LogP contribution in [-0.2, 0) is 11.8 Å². The third-order valence-electron chi connectivity index (χ3n) is 4.82. The van der Waals surface area contributed by atoms with Crippen LogP contribution < -0.4 is 5.32 Å². The van der Waals surface area contributed by atoms with Gasteiger partial charge in [-0.05, 0) is 44.6 Å². The van der Waals surface area contributed by atoms with Crippen LogP contribution in [0.15, 0.2) is 29.4 Å². The average molecular weight is 359 g/mol. The zero-order valence-electron chi connectivity index (χ0n) is 15.2. The van der Waals surface area contributed by atoms with E-state index < -0.39 is 0 Å². The van der Waals surface area contributed by atoms with Gasteiger partial charge in [-0.1, -0.05) is 42.4 Å². The maximum atomic E-state index is 12.2. The van der Waals surface area contributed by atoms with E-state index in [9.17, 15) is 4.79 Å². The summed E-state index contributed by atoms with van der Waals surface area (Å²) < 4.78 is 1.95. The first kappa shape index (κ1) is 18.0. The Hall–Kier alpha value is -1.82. The largest absolute Gasteiger partial charge is 0.353 e. The minimum atomic E-state index is 0.0876. The molecule has 3 rings (SSSR count). The molecule has 0 spiro atoms. The molecule has 1 aliphatic rings.